The minimum absolute atomic E-state index is 0.102. The zero-order valence-electron chi connectivity index (χ0n) is 11.0. The summed E-state index contributed by atoms with van der Waals surface area (Å²) >= 11 is 3.31. The third-order valence-corrected chi connectivity index (χ3v) is 3.73. The molecule has 4 nitrogen and oxygen atoms in total. The van der Waals surface area contributed by atoms with Crippen LogP contribution in [0.15, 0.2) is 40.9 Å². The van der Waals surface area contributed by atoms with Gasteiger partial charge in [0, 0.05) is 4.47 Å². The normalized spacial score (nSPS) is 11.0. The molecule has 0 atom stereocenters. The number of aryl methyl sites for hydroxylation is 1. The van der Waals surface area contributed by atoms with E-state index in [9.17, 15) is 14.3 Å². The van der Waals surface area contributed by atoms with Crippen molar-refractivity contribution < 1.29 is 14.3 Å². The number of carboxylic acid groups (broad SMARTS) is 1. The molecule has 0 spiro atoms. The number of aromatic carboxylic acids is 1. The van der Waals surface area contributed by atoms with Crippen LogP contribution in [0.25, 0.3) is 16.7 Å². The summed E-state index contributed by atoms with van der Waals surface area (Å²) in [6.07, 6.45) is 0. The average Bonchev–Trinajstić information content (AvgIpc) is 2.77. The molecule has 1 N–H and O–H groups in total. The Balaban J connectivity index is 2.38. The third-order valence-electron chi connectivity index (χ3n) is 3.23. The van der Waals surface area contributed by atoms with Crippen LogP contribution in [0.3, 0.4) is 0 Å². The van der Waals surface area contributed by atoms with E-state index in [1.807, 2.05) is 0 Å². The zero-order valence-corrected chi connectivity index (χ0v) is 12.6. The van der Waals surface area contributed by atoms with E-state index in [1.165, 1.54) is 12.1 Å². The molecular weight excluding hydrogens is 339 g/mol. The molecule has 21 heavy (non-hydrogen) atoms. The van der Waals surface area contributed by atoms with Gasteiger partial charge in [0.2, 0.25) is 0 Å². The summed E-state index contributed by atoms with van der Waals surface area (Å²) in [5, 5.41) is 9.22. The number of fused-ring (bicyclic) bond motifs is 1. The lowest BCUT2D eigenvalue weighted by Gasteiger charge is -2.09. The van der Waals surface area contributed by atoms with Crippen molar-refractivity contribution in [2.75, 3.05) is 0 Å². The molecule has 0 amide bonds. The summed E-state index contributed by atoms with van der Waals surface area (Å²) in [6, 6.07) is 9.43. The van der Waals surface area contributed by atoms with Gasteiger partial charge in [0.25, 0.3) is 0 Å². The molecule has 0 aliphatic rings. The van der Waals surface area contributed by atoms with Gasteiger partial charge in [-0.3, -0.25) is 4.57 Å². The molecule has 0 saturated heterocycles. The number of hydrogen-bond acceptors (Lipinski definition) is 2. The van der Waals surface area contributed by atoms with Crippen molar-refractivity contribution in [3.63, 3.8) is 0 Å². The quantitative estimate of drug-likeness (QED) is 0.763. The number of aromatic nitrogens is 2. The minimum Gasteiger partial charge on any atom is -0.478 e. The highest BCUT2D eigenvalue weighted by molar-refractivity contribution is 9.10. The number of carbonyl (C=O) groups is 1. The Morgan fingerprint density at radius 2 is 2.10 bits per heavy atom. The molecule has 0 aliphatic heterocycles. The summed E-state index contributed by atoms with van der Waals surface area (Å²) < 4.78 is 16.5. The number of hydrogen-bond donors (Lipinski definition) is 1. The van der Waals surface area contributed by atoms with E-state index in [-0.39, 0.29) is 5.56 Å². The monoisotopic (exact) mass is 348 g/mol. The molecule has 0 unspecified atom stereocenters. The molecule has 0 saturated carbocycles. The highest BCUT2D eigenvalue weighted by Crippen LogP contribution is 2.27. The molecule has 0 radical (unpaired) electrons. The molecule has 106 valence electrons. The van der Waals surface area contributed by atoms with Gasteiger partial charge in [-0.2, -0.15) is 0 Å². The maximum absolute atomic E-state index is 14.1. The summed E-state index contributed by atoms with van der Waals surface area (Å²) in [6.45, 7) is 1.71. The first-order chi connectivity index (χ1) is 9.99. The van der Waals surface area contributed by atoms with Crippen LogP contribution in [-0.4, -0.2) is 20.6 Å². The van der Waals surface area contributed by atoms with Crippen LogP contribution >= 0.6 is 15.9 Å². The van der Waals surface area contributed by atoms with Gasteiger partial charge in [-0.05, 0) is 37.3 Å². The standard InChI is InChI=1S/C15H10BrFN2O2/c1-8-18-14-10(15(20)21)3-2-4-12(14)19(8)13-7-9(16)5-6-11(13)17/h2-7H,1H3,(H,20,21). The van der Waals surface area contributed by atoms with Gasteiger partial charge in [-0.15, -0.1) is 0 Å². The van der Waals surface area contributed by atoms with Crippen LogP contribution in [0.1, 0.15) is 16.2 Å². The maximum Gasteiger partial charge on any atom is 0.337 e. The van der Waals surface area contributed by atoms with Crippen LogP contribution in [0, 0.1) is 12.7 Å². The number of carboxylic acids is 1. The Morgan fingerprint density at radius 3 is 2.81 bits per heavy atom. The fourth-order valence-electron chi connectivity index (χ4n) is 2.35. The number of halogens is 2. The molecule has 0 bridgehead atoms. The van der Waals surface area contributed by atoms with E-state index < -0.39 is 11.8 Å². The first kappa shape index (κ1) is 13.8. The van der Waals surface area contributed by atoms with Crippen LogP contribution in [0.2, 0.25) is 0 Å². The fourth-order valence-corrected chi connectivity index (χ4v) is 2.70. The molecule has 0 aliphatic carbocycles. The van der Waals surface area contributed by atoms with E-state index in [0.29, 0.717) is 22.5 Å². The molecule has 3 rings (SSSR count). The SMILES string of the molecule is Cc1nc2c(C(=O)O)cccc2n1-c1cc(Br)ccc1F. The highest BCUT2D eigenvalue weighted by Gasteiger charge is 2.17. The number of para-hydroxylation sites is 1. The minimum atomic E-state index is -1.06. The van der Waals surface area contributed by atoms with Gasteiger partial charge < -0.3 is 5.11 Å². The van der Waals surface area contributed by atoms with Crippen LogP contribution in [0.5, 0.6) is 0 Å². The molecule has 2 aromatic carbocycles. The smallest absolute Gasteiger partial charge is 0.337 e. The van der Waals surface area contributed by atoms with Crippen molar-refractivity contribution in [1.29, 1.82) is 0 Å². The second kappa shape index (κ2) is 4.96. The third kappa shape index (κ3) is 2.21. The van der Waals surface area contributed by atoms with Crippen LogP contribution < -0.4 is 0 Å². The second-order valence-electron chi connectivity index (χ2n) is 4.57. The Kier molecular flexibility index (Phi) is 3.25. The predicted octanol–water partition coefficient (Wildman–Crippen LogP) is 3.93. The van der Waals surface area contributed by atoms with Crippen molar-refractivity contribution in [2.24, 2.45) is 0 Å². The van der Waals surface area contributed by atoms with Gasteiger partial charge in [0.15, 0.2) is 0 Å². The number of nitrogens with zero attached hydrogens (tertiary/aromatic N) is 2. The number of rotatable bonds is 2. The fraction of sp³-hybridized carbons (Fsp3) is 0.0667. The molecule has 1 aromatic heterocycles. The summed E-state index contributed by atoms with van der Waals surface area (Å²) in [5.41, 5.74) is 1.34. The van der Waals surface area contributed by atoms with Gasteiger partial charge in [-0.1, -0.05) is 22.0 Å². The van der Waals surface area contributed by atoms with Gasteiger partial charge in [0.1, 0.15) is 17.2 Å². The summed E-state index contributed by atoms with van der Waals surface area (Å²) in [5.74, 6) is -0.933. The Bertz CT molecular complexity index is 873. The molecule has 0 fully saturated rings. The van der Waals surface area contributed by atoms with Crippen molar-refractivity contribution in [2.45, 2.75) is 6.92 Å². The molecule has 6 heteroatoms. The lowest BCUT2D eigenvalue weighted by Crippen LogP contribution is -2.01. The predicted molar refractivity (Wildman–Crippen MR) is 80.4 cm³/mol. The second-order valence-corrected chi connectivity index (χ2v) is 5.48. The van der Waals surface area contributed by atoms with E-state index in [0.717, 1.165) is 4.47 Å². The first-order valence-electron chi connectivity index (χ1n) is 6.16. The largest absolute Gasteiger partial charge is 0.478 e. The number of benzene rings is 2. The Morgan fingerprint density at radius 1 is 1.33 bits per heavy atom. The molecular formula is C15H10BrFN2O2. The average molecular weight is 349 g/mol. The van der Waals surface area contributed by atoms with E-state index >= 15 is 0 Å². The van der Waals surface area contributed by atoms with E-state index in [2.05, 4.69) is 20.9 Å². The highest BCUT2D eigenvalue weighted by atomic mass is 79.9. The Labute approximate surface area is 128 Å². The summed E-state index contributed by atoms with van der Waals surface area (Å²) in [4.78, 5) is 15.5. The van der Waals surface area contributed by atoms with Gasteiger partial charge >= 0.3 is 5.97 Å². The molecule has 3 aromatic rings. The van der Waals surface area contributed by atoms with E-state index in [4.69, 9.17) is 0 Å². The van der Waals surface area contributed by atoms with E-state index in [1.54, 1.807) is 35.8 Å². The maximum atomic E-state index is 14.1. The Hall–Kier alpha value is -2.21. The summed E-state index contributed by atoms with van der Waals surface area (Å²) in [7, 11) is 0. The van der Waals surface area contributed by atoms with Gasteiger partial charge in [0.05, 0.1) is 16.8 Å². The lowest BCUT2D eigenvalue weighted by atomic mass is 10.2. The number of imidazole rings is 1. The van der Waals surface area contributed by atoms with Crippen LogP contribution in [-0.2, 0) is 0 Å². The van der Waals surface area contributed by atoms with Gasteiger partial charge in [-0.25, -0.2) is 14.2 Å². The van der Waals surface area contributed by atoms with Crippen molar-refractivity contribution in [3.8, 4) is 5.69 Å². The topological polar surface area (TPSA) is 55.1 Å². The van der Waals surface area contributed by atoms with Crippen LogP contribution in [0.4, 0.5) is 4.39 Å². The van der Waals surface area contributed by atoms with Crippen molar-refractivity contribution in [1.82, 2.24) is 9.55 Å². The first-order valence-corrected chi connectivity index (χ1v) is 6.95. The molecule has 1 heterocycles. The lowest BCUT2D eigenvalue weighted by molar-refractivity contribution is 0.0699. The zero-order chi connectivity index (χ0) is 15.1. The van der Waals surface area contributed by atoms with Crippen molar-refractivity contribution in [3.05, 3.63) is 58.1 Å². The van der Waals surface area contributed by atoms with Crippen molar-refractivity contribution >= 4 is 32.9 Å².